The molecule has 1 fully saturated rings. The number of thioether (sulfide) groups is 1. The van der Waals surface area contributed by atoms with Crippen molar-refractivity contribution in [2.45, 2.75) is 19.8 Å². The molecule has 2 amide bonds. The number of rotatable bonds is 5. The molecule has 0 saturated carbocycles. The van der Waals surface area contributed by atoms with Gasteiger partial charge in [-0.2, -0.15) is 0 Å². The highest BCUT2D eigenvalue weighted by molar-refractivity contribution is 8.18. The normalized spacial score (nSPS) is 16.2. The Bertz CT molecular complexity index is 783. The zero-order chi connectivity index (χ0) is 16.9. The van der Waals surface area contributed by atoms with Crippen molar-refractivity contribution in [3.8, 4) is 0 Å². The van der Waals surface area contributed by atoms with E-state index in [0.717, 1.165) is 35.7 Å². The van der Waals surface area contributed by atoms with Gasteiger partial charge in [-0.3, -0.25) is 14.5 Å². The monoisotopic (exact) mass is 337 g/mol. The predicted octanol–water partition coefficient (Wildman–Crippen LogP) is 4.66. The zero-order valence-electron chi connectivity index (χ0n) is 13.6. The summed E-state index contributed by atoms with van der Waals surface area (Å²) in [6.07, 6.45) is 3.44. The van der Waals surface area contributed by atoms with Crippen molar-refractivity contribution < 1.29 is 9.59 Å². The lowest BCUT2D eigenvalue weighted by atomic mass is 10.1. The second kappa shape index (κ2) is 7.49. The highest BCUT2D eigenvalue weighted by atomic mass is 32.2. The van der Waals surface area contributed by atoms with Gasteiger partial charge in [0.2, 0.25) is 0 Å². The summed E-state index contributed by atoms with van der Waals surface area (Å²) < 4.78 is 0. The third kappa shape index (κ3) is 3.95. The summed E-state index contributed by atoms with van der Waals surface area (Å²) in [4.78, 5) is 26.4. The molecule has 2 aromatic carbocycles. The van der Waals surface area contributed by atoms with Gasteiger partial charge in [0, 0.05) is 6.54 Å². The zero-order valence-corrected chi connectivity index (χ0v) is 14.4. The van der Waals surface area contributed by atoms with Gasteiger partial charge in [-0.25, -0.2) is 0 Å². The van der Waals surface area contributed by atoms with Gasteiger partial charge >= 0.3 is 0 Å². The molecule has 0 radical (unpaired) electrons. The summed E-state index contributed by atoms with van der Waals surface area (Å²) in [7, 11) is 0. The number of hydrogen-bond acceptors (Lipinski definition) is 3. The highest BCUT2D eigenvalue weighted by Gasteiger charge is 2.34. The van der Waals surface area contributed by atoms with Crippen molar-refractivity contribution in [1.29, 1.82) is 0 Å². The van der Waals surface area contributed by atoms with Crippen LogP contribution in [0.5, 0.6) is 0 Å². The topological polar surface area (TPSA) is 37.4 Å². The first-order valence-corrected chi connectivity index (χ1v) is 8.81. The number of carbonyl (C=O) groups is 2. The molecule has 4 heteroatoms. The van der Waals surface area contributed by atoms with Crippen LogP contribution in [0.3, 0.4) is 0 Å². The van der Waals surface area contributed by atoms with E-state index in [-0.39, 0.29) is 11.1 Å². The highest BCUT2D eigenvalue weighted by Crippen LogP contribution is 2.32. The van der Waals surface area contributed by atoms with Crippen LogP contribution in [0.1, 0.15) is 23.1 Å². The average Bonchev–Trinajstić information content (AvgIpc) is 2.83. The van der Waals surface area contributed by atoms with Crippen molar-refractivity contribution >= 4 is 29.0 Å². The van der Waals surface area contributed by atoms with E-state index in [9.17, 15) is 9.59 Å². The van der Waals surface area contributed by atoms with Crippen LogP contribution in [0.25, 0.3) is 6.08 Å². The van der Waals surface area contributed by atoms with E-state index < -0.39 is 0 Å². The third-order valence-corrected chi connectivity index (χ3v) is 4.81. The molecule has 3 nitrogen and oxygen atoms in total. The van der Waals surface area contributed by atoms with E-state index in [1.165, 1.54) is 10.5 Å². The fraction of sp³-hybridized carbons (Fsp3) is 0.200. The van der Waals surface area contributed by atoms with Gasteiger partial charge in [-0.1, -0.05) is 60.2 Å². The molecule has 1 saturated heterocycles. The van der Waals surface area contributed by atoms with E-state index in [0.29, 0.717) is 11.4 Å². The van der Waals surface area contributed by atoms with Crippen molar-refractivity contribution in [3.05, 3.63) is 76.2 Å². The molecule has 1 aliphatic heterocycles. The van der Waals surface area contributed by atoms with Crippen LogP contribution in [-0.2, 0) is 11.2 Å². The van der Waals surface area contributed by atoms with Crippen molar-refractivity contribution in [2.24, 2.45) is 0 Å². The van der Waals surface area contributed by atoms with Crippen LogP contribution < -0.4 is 0 Å². The van der Waals surface area contributed by atoms with Crippen LogP contribution in [0.4, 0.5) is 4.79 Å². The first-order chi connectivity index (χ1) is 11.6. The number of imide groups is 1. The maximum atomic E-state index is 12.5. The summed E-state index contributed by atoms with van der Waals surface area (Å²) in [6, 6.07) is 18.0. The number of carbonyl (C=O) groups excluding carboxylic acids is 2. The minimum absolute atomic E-state index is 0.174. The Labute approximate surface area is 146 Å². The lowest BCUT2D eigenvalue weighted by molar-refractivity contribution is -0.122. The SMILES string of the molecule is Cc1cccc(/C=C2/SC(=O)N(CCCc3ccccc3)C2=O)c1. The average molecular weight is 337 g/mol. The molecule has 0 atom stereocenters. The fourth-order valence-corrected chi connectivity index (χ4v) is 3.56. The molecule has 0 spiro atoms. The Balaban J connectivity index is 1.63. The Hall–Kier alpha value is -2.33. The van der Waals surface area contributed by atoms with Gasteiger partial charge in [0.1, 0.15) is 0 Å². The first kappa shape index (κ1) is 16.5. The first-order valence-electron chi connectivity index (χ1n) is 7.99. The smallest absolute Gasteiger partial charge is 0.268 e. The van der Waals surface area contributed by atoms with Gasteiger partial charge in [-0.15, -0.1) is 0 Å². The standard InChI is InChI=1S/C20H19NO2S/c1-15-7-5-10-17(13-15)14-18-19(22)21(20(23)24-18)12-6-11-16-8-3-2-4-9-16/h2-5,7-10,13-14H,6,11-12H2,1H3/b18-14+. The lowest BCUT2D eigenvalue weighted by Gasteiger charge is -2.12. The van der Waals surface area contributed by atoms with E-state index in [1.54, 1.807) is 6.08 Å². The van der Waals surface area contributed by atoms with E-state index in [4.69, 9.17) is 0 Å². The van der Waals surface area contributed by atoms with Gasteiger partial charge < -0.3 is 0 Å². The summed E-state index contributed by atoms with van der Waals surface area (Å²) in [6.45, 7) is 2.47. The van der Waals surface area contributed by atoms with Gasteiger partial charge in [0.15, 0.2) is 0 Å². The molecule has 2 aromatic rings. The molecule has 0 unspecified atom stereocenters. The van der Waals surface area contributed by atoms with E-state index in [1.807, 2.05) is 49.4 Å². The van der Waals surface area contributed by atoms with Crippen molar-refractivity contribution in [3.63, 3.8) is 0 Å². The molecule has 0 N–H and O–H groups in total. The Morgan fingerprint density at radius 1 is 1.04 bits per heavy atom. The summed E-state index contributed by atoms with van der Waals surface area (Å²) in [5.74, 6) is -0.181. The molecular weight excluding hydrogens is 318 g/mol. The Morgan fingerprint density at radius 3 is 2.58 bits per heavy atom. The molecule has 24 heavy (non-hydrogen) atoms. The molecule has 122 valence electrons. The number of nitrogens with zero attached hydrogens (tertiary/aromatic N) is 1. The summed E-state index contributed by atoms with van der Waals surface area (Å²) in [5.41, 5.74) is 3.30. The second-order valence-electron chi connectivity index (χ2n) is 5.84. The van der Waals surface area contributed by atoms with Crippen molar-refractivity contribution in [1.82, 2.24) is 4.90 Å². The van der Waals surface area contributed by atoms with Crippen molar-refractivity contribution in [2.75, 3.05) is 6.54 Å². The van der Waals surface area contributed by atoms with Crippen LogP contribution in [0.15, 0.2) is 59.5 Å². The van der Waals surface area contributed by atoms with Gasteiger partial charge in [-0.05, 0) is 48.7 Å². The predicted molar refractivity (Wildman–Crippen MR) is 98.6 cm³/mol. The number of benzene rings is 2. The van der Waals surface area contributed by atoms with Crippen LogP contribution in [0, 0.1) is 6.92 Å². The molecular formula is C20H19NO2S. The summed E-state index contributed by atoms with van der Waals surface area (Å²) in [5, 5.41) is -0.174. The van der Waals surface area contributed by atoms with E-state index in [2.05, 4.69) is 12.1 Å². The quantitative estimate of drug-likeness (QED) is 0.744. The van der Waals surface area contributed by atoms with Crippen LogP contribution in [-0.4, -0.2) is 22.6 Å². The second-order valence-corrected chi connectivity index (χ2v) is 6.83. The van der Waals surface area contributed by atoms with Gasteiger partial charge in [0.05, 0.1) is 4.91 Å². The molecule has 0 aliphatic carbocycles. The maximum Gasteiger partial charge on any atom is 0.293 e. The van der Waals surface area contributed by atoms with Gasteiger partial charge in [0.25, 0.3) is 11.1 Å². The van der Waals surface area contributed by atoms with E-state index >= 15 is 0 Å². The molecule has 1 aliphatic rings. The minimum Gasteiger partial charge on any atom is -0.268 e. The fourth-order valence-electron chi connectivity index (χ4n) is 2.69. The molecule has 3 rings (SSSR count). The van der Waals surface area contributed by atoms with Crippen LogP contribution >= 0.6 is 11.8 Å². The van der Waals surface area contributed by atoms with Crippen LogP contribution in [0.2, 0.25) is 0 Å². The molecule has 1 heterocycles. The minimum atomic E-state index is -0.181. The largest absolute Gasteiger partial charge is 0.293 e. The maximum absolute atomic E-state index is 12.5. The Morgan fingerprint density at radius 2 is 1.83 bits per heavy atom. The third-order valence-electron chi connectivity index (χ3n) is 3.90. The molecule has 0 bridgehead atoms. The number of aryl methyl sites for hydroxylation is 2. The molecule has 0 aromatic heterocycles. The summed E-state index contributed by atoms with van der Waals surface area (Å²) >= 11 is 1.03. The Kier molecular flexibility index (Phi) is 5.16. The number of amides is 2. The number of hydrogen-bond donors (Lipinski definition) is 0. The lowest BCUT2D eigenvalue weighted by Crippen LogP contribution is -2.29.